The van der Waals surface area contributed by atoms with E-state index in [1.807, 2.05) is 20.8 Å². The molecule has 1 aliphatic rings. The van der Waals surface area contributed by atoms with Gasteiger partial charge in [-0.2, -0.15) is 0 Å². The number of nitro benzene ring substituents is 1. The highest BCUT2D eigenvalue weighted by Crippen LogP contribution is 2.42. The maximum atomic E-state index is 12.5. The van der Waals surface area contributed by atoms with E-state index in [0.29, 0.717) is 5.75 Å². The number of rotatable bonds is 8. The Hall–Kier alpha value is -3.06. The highest BCUT2D eigenvalue weighted by molar-refractivity contribution is 5.47. The van der Waals surface area contributed by atoms with Crippen LogP contribution >= 0.6 is 0 Å². The summed E-state index contributed by atoms with van der Waals surface area (Å²) in [5.74, 6) is 0.417. The first-order valence-corrected chi connectivity index (χ1v) is 10.7. The molecule has 2 heterocycles. The predicted octanol–water partition coefficient (Wildman–Crippen LogP) is 1.40. The van der Waals surface area contributed by atoms with Gasteiger partial charge in [0.1, 0.15) is 18.1 Å². The van der Waals surface area contributed by atoms with Crippen molar-refractivity contribution in [2.45, 2.75) is 58.3 Å². The summed E-state index contributed by atoms with van der Waals surface area (Å²) in [6.07, 6.45) is -2.16. The lowest BCUT2D eigenvalue weighted by Gasteiger charge is -2.31. The first kappa shape index (κ1) is 25.6. The highest BCUT2D eigenvalue weighted by Gasteiger charge is 2.36. The Morgan fingerprint density at radius 2 is 2.06 bits per heavy atom. The highest BCUT2D eigenvalue weighted by atomic mass is 16.6. The van der Waals surface area contributed by atoms with Gasteiger partial charge in [0.15, 0.2) is 0 Å². The summed E-state index contributed by atoms with van der Waals surface area (Å²) in [4.78, 5) is 38.1. The van der Waals surface area contributed by atoms with Gasteiger partial charge < -0.3 is 24.4 Å². The lowest BCUT2D eigenvalue weighted by Crippen LogP contribution is -2.35. The van der Waals surface area contributed by atoms with Gasteiger partial charge in [0, 0.05) is 18.7 Å². The van der Waals surface area contributed by atoms with E-state index in [0.717, 1.165) is 4.57 Å². The average molecular weight is 479 g/mol. The molecule has 1 fully saturated rings. The summed E-state index contributed by atoms with van der Waals surface area (Å²) in [6.45, 7) is 4.85. The number of benzene rings is 1. The Kier molecular flexibility index (Phi) is 7.56. The summed E-state index contributed by atoms with van der Waals surface area (Å²) in [6, 6.07) is 4.35. The van der Waals surface area contributed by atoms with Crippen molar-refractivity contribution < 1.29 is 29.3 Å². The van der Waals surface area contributed by atoms with Crippen LogP contribution in [-0.2, 0) is 16.1 Å². The lowest BCUT2D eigenvalue weighted by molar-refractivity contribution is -0.386. The molecule has 12 nitrogen and oxygen atoms in total. The van der Waals surface area contributed by atoms with E-state index in [1.54, 1.807) is 0 Å². The summed E-state index contributed by atoms with van der Waals surface area (Å²) < 4.78 is 17.9. The van der Waals surface area contributed by atoms with Crippen molar-refractivity contribution >= 4 is 5.69 Å². The fourth-order valence-corrected chi connectivity index (χ4v) is 3.91. The van der Waals surface area contributed by atoms with E-state index in [4.69, 9.17) is 14.2 Å². The Morgan fingerprint density at radius 3 is 2.62 bits per heavy atom. The number of nitrogens with one attached hydrogen (secondary N) is 1. The smallest absolute Gasteiger partial charge is 0.330 e. The number of methoxy groups -OCH3 is 1. The van der Waals surface area contributed by atoms with Crippen LogP contribution in [0.2, 0.25) is 0 Å². The van der Waals surface area contributed by atoms with Crippen molar-refractivity contribution in [3.63, 3.8) is 0 Å². The van der Waals surface area contributed by atoms with Crippen molar-refractivity contribution in [2.24, 2.45) is 5.41 Å². The fourth-order valence-electron chi connectivity index (χ4n) is 3.91. The normalized spacial score (nSPS) is 21.4. The van der Waals surface area contributed by atoms with Crippen molar-refractivity contribution in [2.75, 3.05) is 13.7 Å². The molecule has 3 N–H and O–H groups in total. The van der Waals surface area contributed by atoms with Crippen molar-refractivity contribution in [3.05, 3.63) is 66.5 Å². The number of aliphatic hydroxyl groups is 2. The van der Waals surface area contributed by atoms with Crippen LogP contribution in [0.3, 0.4) is 0 Å². The Morgan fingerprint density at radius 1 is 1.35 bits per heavy atom. The number of hydrogen-bond donors (Lipinski definition) is 3. The third-order valence-electron chi connectivity index (χ3n) is 5.64. The molecule has 0 unspecified atom stereocenters. The number of nitrogens with zero attached hydrogens (tertiary/aromatic N) is 2. The van der Waals surface area contributed by atoms with Gasteiger partial charge in [-0.05, 0) is 17.5 Å². The van der Waals surface area contributed by atoms with E-state index in [-0.39, 0.29) is 29.8 Å². The maximum absolute atomic E-state index is 12.5. The molecule has 0 radical (unpaired) electrons. The van der Waals surface area contributed by atoms with Crippen molar-refractivity contribution in [1.29, 1.82) is 0 Å². The Bertz CT molecular complexity index is 1150. The van der Waals surface area contributed by atoms with Gasteiger partial charge in [-0.3, -0.25) is 24.5 Å². The van der Waals surface area contributed by atoms with Crippen LogP contribution in [0.1, 0.15) is 50.7 Å². The minimum Gasteiger partial charge on any atom is -0.497 e. The van der Waals surface area contributed by atoms with E-state index < -0.39 is 52.7 Å². The molecule has 1 aromatic carbocycles. The van der Waals surface area contributed by atoms with Gasteiger partial charge in [0.05, 0.1) is 48.6 Å². The molecular formula is C22H29N3O9. The quantitative estimate of drug-likeness (QED) is 0.374. The molecule has 0 spiro atoms. The minimum absolute atomic E-state index is 0.0537. The number of hydrogen-bond acceptors (Lipinski definition) is 9. The number of H-pyrrole nitrogens is 1. The van der Waals surface area contributed by atoms with Crippen LogP contribution in [0.4, 0.5) is 5.69 Å². The fraction of sp³-hybridized carbons (Fsp3) is 0.545. The standard InChI is InChI=1S/C22H29N3O9/c1-22(2,3)19(14-7-13(32-4)5-6-15(14)25(30)31)33-11-12-9-24(21(29)23-20(12)28)18-8-16(27)17(10-26)34-18/h5-7,9,16-19,26-27H,8,10-11H2,1-4H3,(H,23,28,29)/t16-,17-,18-,19-/m1/s1. The van der Waals surface area contributed by atoms with Crippen LogP contribution < -0.4 is 16.0 Å². The molecule has 2 aromatic rings. The second kappa shape index (κ2) is 10.1. The third kappa shape index (κ3) is 5.36. The second-order valence-corrected chi connectivity index (χ2v) is 9.17. The zero-order valence-corrected chi connectivity index (χ0v) is 19.4. The maximum Gasteiger partial charge on any atom is 0.330 e. The molecule has 0 bridgehead atoms. The van der Waals surface area contributed by atoms with E-state index >= 15 is 0 Å². The molecule has 3 rings (SSSR count). The molecule has 1 aromatic heterocycles. The van der Waals surface area contributed by atoms with Gasteiger partial charge in [-0.25, -0.2) is 4.79 Å². The zero-order valence-electron chi connectivity index (χ0n) is 19.4. The van der Waals surface area contributed by atoms with Crippen LogP contribution in [0.15, 0.2) is 34.0 Å². The molecular weight excluding hydrogens is 450 g/mol. The largest absolute Gasteiger partial charge is 0.497 e. The topological polar surface area (TPSA) is 166 Å². The summed E-state index contributed by atoms with van der Waals surface area (Å²) >= 11 is 0. The monoisotopic (exact) mass is 479 g/mol. The summed E-state index contributed by atoms with van der Waals surface area (Å²) in [7, 11) is 1.45. The molecule has 1 saturated heterocycles. The van der Waals surface area contributed by atoms with Gasteiger partial charge in [-0.15, -0.1) is 0 Å². The summed E-state index contributed by atoms with van der Waals surface area (Å²) in [5.41, 5.74) is -1.79. The Balaban J connectivity index is 1.94. The minimum atomic E-state index is -0.965. The number of ether oxygens (including phenoxy) is 3. The SMILES string of the molecule is COc1ccc([N+](=O)[O-])c([C@@H](OCc2cn([C@H]3C[C@@H](O)[C@@H](CO)O3)c(=O)[nH]c2=O)C(C)(C)C)c1. The second-order valence-electron chi connectivity index (χ2n) is 9.17. The van der Waals surface area contributed by atoms with Gasteiger partial charge >= 0.3 is 5.69 Å². The molecule has 4 atom stereocenters. The molecule has 0 aliphatic carbocycles. The number of aromatic nitrogens is 2. The van der Waals surface area contributed by atoms with E-state index in [2.05, 4.69) is 4.98 Å². The average Bonchev–Trinajstić information content (AvgIpc) is 3.14. The summed E-state index contributed by atoms with van der Waals surface area (Å²) in [5, 5.41) is 30.9. The lowest BCUT2D eigenvalue weighted by atomic mass is 9.83. The van der Waals surface area contributed by atoms with Crippen molar-refractivity contribution in [3.8, 4) is 5.75 Å². The van der Waals surface area contributed by atoms with Gasteiger partial charge in [-0.1, -0.05) is 20.8 Å². The van der Waals surface area contributed by atoms with Crippen LogP contribution in [0, 0.1) is 15.5 Å². The zero-order chi connectivity index (χ0) is 25.2. The molecule has 186 valence electrons. The third-order valence-corrected chi connectivity index (χ3v) is 5.64. The van der Waals surface area contributed by atoms with Gasteiger partial charge in [0.2, 0.25) is 0 Å². The Labute approximate surface area is 194 Å². The first-order valence-electron chi connectivity index (χ1n) is 10.7. The predicted molar refractivity (Wildman–Crippen MR) is 120 cm³/mol. The molecule has 34 heavy (non-hydrogen) atoms. The first-order chi connectivity index (χ1) is 16.0. The number of nitro groups is 1. The molecule has 12 heteroatoms. The van der Waals surface area contributed by atoms with Crippen molar-refractivity contribution in [1.82, 2.24) is 9.55 Å². The molecule has 0 saturated carbocycles. The number of aliphatic hydroxyl groups excluding tert-OH is 2. The van der Waals surface area contributed by atoms with E-state index in [1.165, 1.54) is 31.5 Å². The number of aromatic amines is 1. The van der Waals surface area contributed by atoms with E-state index in [9.17, 15) is 29.9 Å². The molecule has 0 amide bonds. The van der Waals surface area contributed by atoms with Gasteiger partial charge in [0.25, 0.3) is 11.2 Å². The van der Waals surface area contributed by atoms with Crippen LogP contribution in [0.25, 0.3) is 0 Å². The molecule has 1 aliphatic heterocycles. The van der Waals surface area contributed by atoms with Crippen LogP contribution in [-0.4, -0.2) is 50.6 Å². The van der Waals surface area contributed by atoms with Crippen LogP contribution in [0.5, 0.6) is 5.75 Å².